The topological polar surface area (TPSA) is 72.2 Å². The molecule has 1 saturated carbocycles. The van der Waals surface area contributed by atoms with Crippen molar-refractivity contribution < 1.29 is 8.42 Å². The molecule has 4 atom stereocenters. The summed E-state index contributed by atoms with van der Waals surface area (Å²) in [5.41, 5.74) is 1.09. The fourth-order valence-electron chi connectivity index (χ4n) is 3.18. The van der Waals surface area contributed by atoms with E-state index >= 15 is 0 Å². The molecule has 5 heteroatoms. The molecule has 0 radical (unpaired) electrons. The van der Waals surface area contributed by atoms with Gasteiger partial charge >= 0.3 is 0 Å². The summed E-state index contributed by atoms with van der Waals surface area (Å²) in [4.78, 5) is 0.165. The van der Waals surface area contributed by atoms with Crippen molar-refractivity contribution in [3.63, 3.8) is 0 Å². The molecule has 1 aliphatic rings. The Bertz CT molecular complexity index is 568. The number of sulfonamides is 1. The third kappa shape index (κ3) is 4.05. The van der Waals surface area contributed by atoms with E-state index in [1.54, 1.807) is 12.1 Å². The van der Waals surface area contributed by atoms with Gasteiger partial charge in [0.05, 0.1) is 4.90 Å². The predicted molar refractivity (Wildman–Crippen MR) is 85.3 cm³/mol. The monoisotopic (exact) mass is 310 g/mol. The van der Waals surface area contributed by atoms with Gasteiger partial charge in [0.1, 0.15) is 0 Å². The molecule has 1 aliphatic carbocycles. The zero-order valence-corrected chi connectivity index (χ0v) is 13.9. The lowest BCUT2D eigenvalue weighted by Crippen LogP contribution is -2.41. The lowest BCUT2D eigenvalue weighted by molar-refractivity contribution is 0.196. The van der Waals surface area contributed by atoms with Crippen molar-refractivity contribution in [1.29, 1.82) is 0 Å². The quantitative estimate of drug-likeness (QED) is 0.898. The molecule has 0 amide bonds. The third-order valence-corrected chi connectivity index (χ3v) is 5.81. The molecular weight excluding hydrogens is 284 g/mol. The van der Waals surface area contributed by atoms with Crippen molar-refractivity contribution in [2.75, 3.05) is 0 Å². The van der Waals surface area contributed by atoms with Crippen LogP contribution in [0.5, 0.6) is 0 Å². The van der Waals surface area contributed by atoms with E-state index in [2.05, 4.69) is 26.1 Å². The van der Waals surface area contributed by atoms with Gasteiger partial charge in [-0.05, 0) is 42.9 Å². The molecule has 21 heavy (non-hydrogen) atoms. The van der Waals surface area contributed by atoms with Gasteiger partial charge in [-0.2, -0.15) is 0 Å². The Hall–Kier alpha value is -0.910. The molecule has 0 bridgehead atoms. The van der Waals surface area contributed by atoms with E-state index in [1.165, 1.54) is 19.3 Å². The second kappa shape index (κ2) is 6.46. The maximum atomic E-state index is 11.3. The maximum Gasteiger partial charge on any atom is 0.238 e. The van der Waals surface area contributed by atoms with Crippen LogP contribution in [0.15, 0.2) is 29.2 Å². The molecule has 0 aliphatic heterocycles. The van der Waals surface area contributed by atoms with E-state index in [1.807, 2.05) is 12.1 Å². The Kier molecular flexibility index (Phi) is 5.07. The van der Waals surface area contributed by atoms with Gasteiger partial charge in [0.2, 0.25) is 10.0 Å². The number of benzene rings is 1. The van der Waals surface area contributed by atoms with Crippen molar-refractivity contribution in [2.24, 2.45) is 17.0 Å². The molecule has 0 spiro atoms. The fourth-order valence-corrected chi connectivity index (χ4v) is 3.70. The highest BCUT2D eigenvalue weighted by molar-refractivity contribution is 7.89. The molecule has 3 N–H and O–H groups in total. The van der Waals surface area contributed by atoms with Gasteiger partial charge in [-0.1, -0.05) is 38.8 Å². The summed E-state index contributed by atoms with van der Waals surface area (Å²) in [7, 11) is -3.61. The first-order chi connectivity index (χ1) is 9.79. The lowest BCUT2D eigenvalue weighted by Gasteiger charge is -2.36. The Morgan fingerprint density at radius 3 is 2.38 bits per heavy atom. The van der Waals surface area contributed by atoms with E-state index in [0.717, 1.165) is 11.5 Å². The zero-order valence-electron chi connectivity index (χ0n) is 13.0. The van der Waals surface area contributed by atoms with Crippen LogP contribution in [0.3, 0.4) is 0 Å². The van der Waals surface area contributed by atoms with Crippen LogP contribution < -0.4 is 10.5 Å². The molecule has 0 saturated heterocycles. The SMILES string of the molecule is CC(NC1CCCC(C)C1C)c1ccc(S(N)(=O)=O)cc1. The van der Waals surface area contributed by atoms with Gasteiger partial charge < -0.3 is 5.32 Å². The normalized spacial score (nSPS) is 28.3. The highest BCUT2D eigenvalue weighted by Gasteiger charge is 2.27. The predicted octanol–water partition coefficient (Wildman–Crippen LogP) is 2.81. The first-order valence-corrected chi connectivity index (χ1v) is 9.22. The minimum absolute atomic E-state index is 0.165. The molecule has 1 aromatic carbocycles. The molecule has 1 aromatic rings. The van der Waals surface area contributed by atoms with Gasteiger partial charge in [0, 0.05) is 12.1 Å². The highest BCUT2D eigenvalue weighted by Crippen LogP contribution is 2.31. The van der Waals surface area contributed by atoms with Gasteiger partial charge in [-0.3, -0.25) is 0 Å². The van der Waals surface area contributed by atoms with Crippen molar-refractivity contribution >= 4 is 10.0 Å². The Balaban J connectivity index is 2.05. The Labute approximate surface area is 128 Å². The molecule has 0 heterocycles. The first-order valence-electron chi connectivity index (χ1n) is 7.68. The van der Waals surface area contributed by atoms with E-state index in [-0.39, 0.29) is 10.9 Å². The van der Waals surface area contributed by atoms with E-state index in [4.69, 9.17) is 5.14 Å². The number of primary sulfonamides is 1. The minimum Gasteiger partial charge on any atom is -0.307 e. The van der Waals surface area contributed by atoms with Crippen LogP contribution in [-0.4, -0.2) is 14.5 Å². The van der Waals surface area contributed by atoms with Gasteiger partial charge in [-0.15, -0.1) is 0 Å². The number of nitrogens with one attached hydrogen (secondary N) is 1. The Morgan fingerprint density at radius 1 is 1.19 bits per heavy atom. The molecule has 4 nitrogen and oxygen atoms in total. The van der Waals surface area contributed by atoms with E-state index in [0.29, 0.717) is 12.0 Å². The van der Waals surface area contributed by atoms with Crippen LogP contribution in [-0.2, 0) is 10.0 Å². The first kappa shape index (κ1) is 16.5. The number of nitrogens with two attached hydrogens (primary N) is 1. The number of rotatable bonds is 4. The van der Waals surface area contributed by atoms with Crippen LogP contribution in [0, 0.1) is 11.8 Å². The second-order valence-electron chi connectivity index (χ2n) is 6.38. The summed E-state index contributed by atoms with van der Waals surface area (Å²) >= 11 is 0. The van der Waals surface area contributed by atoms with Crippen LogP contribution in [0.25, 0.3) is 0 Å². The molecule has 118 valence electrons. The summed E-state index contributed by atoms with van der Waals surface area (Å²) in [5, 5.41) is 8.82. The summed E-state index contributed by atoms with van der Waals surface area (Å²) < 4.78 is 22.5. The van der Waals surface area contributed by atoms with Crippen LogP contribution >= 0.6 is 0 Å². The van der Waals surface area contributed by atoms with Gasteiger partial charge in [-0.25, -0.2) is 13.6 Å². The summed E-state index contributed by atoms with van der Waals surface area (Å²) in [5.74, 6) is 1.43. The molecule has 2 rings (SSSR count). The van der Waals surface area contributed by atoms with Crippen LogP contribution in [0.4, 0.5) is 0 Å². The van der Waals surface area contributed by atoms with Crippen molar-refractivity contribution in [3.8, 4) is 0 Å². The average molecular weight is 310 g/mol. The molecule has 1 fully saturated rings. The van der Waals surface area contributed by atoms with Crippen molar-refractivity contribution in [3.05, 3.63) is 29.8 Å². The lowest BCUT2D eigenvalue weighted by atomic mass is 9.77. The molecule has 4 unspecified atom stereocenters. The summed E-state index contributed by atoms with van der Waals surface area (Å²) in [6, 6.07) is 7.58. The maximum absolute atomic E-state index is 11.3. The smallest absolute Gasteiger partial charge is 0.238 e. The number of hydrogen-bond donors (Lipinski definition) is 2. The average Bonchev–Trinajstić information content (AvgIpc) is 2.43. The summed E-state index contributed by atoms with van der Waals surface area (Å²) in [6.07, 6.45) is 3.81. The zero-order chi connectivity index (χ0) is 15.6. The van der Waals surface area contributed by atoms with E-state index < -0.39 is 10.0 Å². The van der Waals surface area contributed by atoms with Gasteiger partial charge in [0.15, 0.2) is 0 Å². The standard InChI is InChI=1S/C16H26N2O2S/c1-11-5-4-6-16(12(11)2)18-13(3)14-7-9-15(10-8-14)21(17,19)20/h7-13,16,18H,4-6H2,1-3H3,(H2,17,19,20). The van der Waals surface area contributed by atoms with Crippen molar-refractivity contribution in [1.82, 2.24) is 5.32 Å². The van der Waals surface area contributed by atoms with E-state index in [9.17, 15) is 8.42 Å². The second-order valence-corrected chi connectivity index (χ2v) is 7.94. The Morgan fingerprint density at radius 2 is 1.81 bits per heavy atom. The largest absolute Gasteiger partial charge is 0.307 e. The molecular formula is C16H26N2O2S. The third-order valence-electron chi connectivity index (χ3n) is 4.88. The van der Waals surface area contributed by atoms with Crippen molar-refractivity contribution in [2.45, 2.75) is 57.0 Å². The molecule has 0 aromatic heterocycles. The summed E-state index contributed by atoms with van der Waals surface area (Å²) in [6.45, 7) is 6.76. The fraction of sp³-hybridized carbons (Fsp3) is 0.625. The highest BCUT2D eigenvalue weighted by atomic mass is 32.2. The van der Waals surface area contributed by atoms with Crippen LogP contribution in [0.2, 0.25) is 0 Å². The van der Waals surface area contributed by atoms with Gasteiger partial charge in [0.25, 0.3) is 0 Å². The van der Waals surface area contributed by atoms with Crippen LogP contribution in [0.1, 0.15) is 51.6 Å². The minimum atomic E-state index is -3.61. The number of hydrogen-bond acceptors (Lipinski definition) is 3.